The van der Waals surface area contributed by atoms with E-state index in [2.05, 4.69) is 10.3 Å². The summed E-state index contributed by atoms with van der Waals surface area (Å²) in [4.78, 5) is 15.2. The molecule has 4 nitrogen and oxygen atoms in total. The molecule has 0 fully saturated rings. The number of carbonyl (C=O) groups excluding carboxylic acids is 1. The summed E-state index contributed by atoms with van der Waals surface area (Å²) in [7, 11) is 0. The lowest BCUT2D eigenvalue weighted by Gasteiger charge is -2.05. The molecule has 0 saturated heterocycles. The molecular weight excluding hydrogens is 283 g/mol. The molecule has 0 saturated carbocycles. The smallest absolute Gasteiger partial charge is 0.272 e. The number of aromatic nitrogens is 1. The summed E-state index contributed by atoms with van der Waals surface area (Å²) in [6.45, 7) is 0.0946. The van der Waals surface area contributed by atoms with Gasteiger partial charge in [-0.25, -0.2) is 4.39 Å². The molecule has 0 aliphatic rings. The molecule has 0 atom stereocenters. The Morgan fingerprint density at radius 1 is 1.14 bits per heavy atom. The van der Waals surface area contributed by atoms with Gasteiger partial charge in [-0.2, -0.15) is 0 Å². The second-order valence-electron chi connectivity index (χ2n) is 5.04. The summed E-state index contributed by atoms with van der Waals surface area (Å²) >= 11 is 0. The molecular formula is C17H15FN2O2. The average Bonchev–Trinajstić information content (AvgIpc) is 2.92. The molecule has 1 aromatic heterocycles. The van der Waals surface area contributed by atoms with Crippen LogP contribution < -0.4 is 5.32 Å². The molecule has 2 aromatic carbocycles. The van der Waals surface area contributed by atoms with Gasteiger partial charge < -0.3 is 15.4 Å². The molecule has 0 unspecified atom stereocenters. The first-order valence-corrected chi connectivity index (χ1v) is 6.95. The van der Waals surface area contributed by atoms with Crippen LogP contribution in [0.2, 0.25) is 0 Å². The Kier molecular flexibility index (Phi) is 3.89. The zero-order valence-corrected chi connectivity index (χ0v) is 11.8. The fourth-order valence-corrected chi connectivity index (χ4v) is 2.31. The number of nitrogens with one attached hydrogen (secondary N) is 2. The zero-order chi connectivity index (χ0) is 15.5. The van der Waals surface area contributed by atoms with E-state index in [1.807, 2.05) is 12.1 Å². The Morgan fingerprint density at radius 2 is 1.91 bits per heavy atom. The summed E-state index contributed by atoms with van der Waals surface area (Å²) in [5, 5.41) is 12.3. The van der Waals surface area contributed by atoms with Gasteiger partial charge in [0.2, 0.25) is 0 Å². The lowest BCUT2D eigenvalue weighted by Crippen LogP contribution is -2.12. The van der Waals surface area contributed by atoms with Crippen LogP contribution in [0.4, 0.5) is 10.1 Å². The molecule has 3 rings (SSSR count). The van der Waals surface area contributed by atoms with E-state index >= 15 is 0 Å². The summed E-state index contributed by atoms with van der Waals surface area (Å²) in [5.74, 6) is -0.621. The number of aliphatic hydroxyl groups is 1. The maximum Gasteiger partial charge on any atom is 0.272 e. The van der Waals surface area contributed by atoms with Crippen LogP contribution in [0.3, 0.4) is 0 Å². The number of halogens is 1. The molecule has 1 amide bonds. The highest BCUT2D eigenvalue weighted by atomic mass is 19.1. The highest BCUT2D eigenvalue weighted by molar-refractivity contribution is 6.05. The first-order chi connectivity index (χ1) is 10.7. The van der Waals surface area contributed by atoms with Gasteiger partial charge in [-0.1, -0.05) is 12.1 Å². The van der Waals surface area contributed by atoms with Crippen molar-refractivity contribution in [1.29, 1.82) is 0 Å². The first-order valence-electron chi connectivity index (χ1n) is 6.95. The standard InChI is InChI=1S/C17H15FN2O2/c18-13-3-6-15-12(9-13)10-16(20-15)17(22)19-14-4-1-11(2-5-14)7-8-21/h1-6,9-10,20-21H,7-8H2,(H,19,22). The molecule has 0 radical (unpaired) electrons. The molecule has 0 spiro atoms. The van der Waals surface area contributed by atoms with E-state index in [9.17, 15) is 9.18 Å². The number of hydrogen-bond donors (Lipinski definition) is 3. The fourth-order valence-electron chi connectivity index (χ4n) is 2.31. The Hall–Kier alpha value is -2.66. The van der Waals surface area contributed by atoms with E-state index in [0.717, 1.165) is 5.56 Å². The summed E-state index contributed by atoms with van der Waals surface area (Å²) in [6.07, 6.45) is 0.585. The minimum Gasteiger partial charge on any atom is -0.396 e. The maximum absolute atomic E-state index is 13.2. The molecule has 22 heavy (non-hydrogen) atoms. The van der Waals surface area contributed by atoms with Gasteiger partial charge >= 0.3 is 0 Å². The second kappa shape index (κ2) is 5.99. The van der Waals surface area contributed by atoms with Crippen LogP contribution in [0.5, 0.6) is 0 Å². The Bertz CT molecular complexity index is 809. The minimum absolute atomic E-state index is 0.0946. The average molecular weight is 298 g/mol. The molecule has 0 aliphatic heterocycles. The maximum atomic E-state index is 13.2. The Labute approximate surface area is 126 Å². The number of aromatic amines is 1. The number of aliphatic hydroxyl groups excluding tert-OH is 1. The lowest BCUT2D eigenvalue weighted by molar-refractivity contribution is 0.102. The van der Waals surface area contributed by atoms with Gasteiger partial charge in [0.25, 0.3) is 5.91 Å². The van der Waals surface area contributed by atoms with E-state index < -0.39 is 0 Å². The van der Waals surface area contributed by atoms with Crippen LogP contribution in [0, 0.1) is 5.82 Å². The van der Waals surface area contributed by atoms with Gasteiger partial charge in [-0.15, -0.1) is 0 Å². The van der Waals surface area contributed by atoms with E-state index in [1.54, 1.807) is 24.3 Å². The fraction of sp³-hybridized carbons (Fsp3) is 0.118. The van der Waals surface area contributed by atoms with Crippen molar-refractivity contribution in [3.8, 4) is 0 Å². The molecule has 112 valence electrons. The second-order valence-corrected chi connectivity index (χ2v) is 5.04. The topological polar surface area (TPSA) is 65.1 Å². The predicted octanol–water partition coefficient (Wildman–Crippen LogP) is 3.09. The van der Waals surface area contributed by atoms with Gasteiger partial charge in [0, 0.05) is 23.2 Å². The number of H-pyrrole nitrogens is 1. The number of fused-ring (bicyclic) bond motifs is 1. The van der Waals surface area contributed by atoms with E-state index in [4.69, 9.17) is 5.11 Å². The third-order valence-electron chi connectivity index (χ3n) is 3.44. The van der Waals surface area contributed by atoms with Crippen LogP contribution in [0.15, 0.2) is 48.5 Å². The zero-order valence-electron chi connectivity index (χ0n) is 11.8. The van der Waals surface area contributed by atoms with Crippen molar-refractivity contribution in [2.45, 2.75) is 6.42 Å². The molecule has 0 bridgehead atoms. The monoisotopic (exact) mass is 298 g/mol. The van der Waals surface area contributed by atoms with Gasteiger partial charge in [-0.05, 0) is 48.4 Å². The van der Waals surface area contributed by atoms with Crippen molar-refractivity contribution >= 4 is 22.5 Å². The van der Waals surface area contributed by atoms with Gasteiger partial charge in [0.05, 0.1) is 0 Å². The molecule has 3 aromatic rings. The number of hydrogen-bond acceptors (Lipinski definition) is 2. The third-order valence-corrected chi connectivity index (χ3v) is 3.44. The van der Waals surface area contributed by atoms with Crippen LogP contribution in [-0.4, -0.2) is 22.6 Å². The molecule has 5 heteroatoms. The molecule has 1 heterocycles. The number of rotatable bonds is 4. The van der Waals surface area contributed by atoms with Crippen molar-refractivity contribution in [2.24, 2.45) is 0 Å². The number of benzene rings is 2. The van der Waals surface area contributed by atoms with Crippen molar-refractivity contribution < 1.29 is 14.3 Å². The first kappa shape index (κ1) is 14.3. The Morgan fingerprint density at radius 3 is 2.64 bits per heavy atom. The largest absolute Gasteiger partial charge is 0.396 e. The van der Waals surface area contributed by atoms with Crippen LogP contribution in [-0.2, 0) is 6.42 Å². The number of amides is 1. The summed E-state index contributed by atoms with van der Waals surface area (Å²) in [5.41, 5.74) is 2.75. The highest BCUT2D eigenvalue weighted by Crippen LogP contribution is 2.18. The van der Waals surface area contributed by atoms with Crippen molar-refractivity contribution in [2.75, 3.05) is 11.9 Å². The normalized spacial score (nSPS) is 10.8. The molecule has 0 aliphatic carbocycles. The Balaban J connectivity index is 1.77. The van der Waals surface area contributed by atoms with Crippen molar-refractivity contribution in [1.82, 2.24) is 4.98 Å². The van der Waals surface area contributed by atoms with Gasteiger partial charge in [-0.3, -0.25) is 4.79 Å². The number of anilines is 1. The highest BCUT2D eigenvalue weighted by Gasteiger charge is 2.10. The van der Waals surface area contributed by atoms with Crippen LogP contribution in [0.1, 0.15) is 16.1 Å². The van der Waals surface area contributed by atoms with Crippen LogP contribution in [0.25, 0.3) is 10.9 Å². The van der Waals surface area contributed by atoms with Crippen molar-refractivity contribution in [3.05, 3.63) is 65.6 Å². The van der Waals surface area contributed by atoms with Crippen molar-refractivity contribution in [3.63, 3.8) is 0 Å². The summed E-state index contributed by atoms with van der Waals surface area (Å²) in [6, 6.07) is 13.2. The van der Waals surface area contributed by atoms with E-state index in [0.29, 0.717) is 28.7 Å². The quantitative estimate of drug-likeness (QED) is 0.693. The SMILES string of the molecule is O=C(Nc1ccc(CCO)cc1)c1cc2cc(F)ccc2[nH]1. The predicted molar refractivity (Wildman–Crippen MR) is 83.4 cm³/mol. The number of carbonyl (C=O) groups is 1. The minimum atomic E-state index is -0.335. The van der Waals surface area contributed by atoms with E-state index in [1.165, 1.54) is 12.1 Å². The van der Waals surface area contributed by atoms with Gasteiger partial charge in [0.15, 0.2) is 0 Å². The van der Waals surface area contributed by atoms with Gasteiger partial charge in [0.1, 0.15) is 11.5 Å². The molecule has 3 N–H and O–H groups in total. The summed E-state index contributed by atoms with van der Waals surface area (Å²) < 4.78 is 13.2. The van der Waals surface area contributed by atoms with Crippen LogP contribution >= 0.6 is 0 Å². The lowest BCUT2D eigenvalue weighted by atomic mass is 10.1. The van der Waals surface area contributed by atoms with E-state index in [-0.39, 0.29) is 18.3 Å². The third kappa shape index (κ3) is 2.99.